The van der Waals surface area contributed by atoms with Crippen LogP contribution < -0.4 is 10.6 Å². The average Bonchev–Trinajstić information content (AvgIpc) is 2.83. The van der Waals surface area contributed by atoms with Gasteiger partial charge in [-0.2, -0.15) is 0 Å². The van der Waals surface area contributed by atoms with E-state index in [1.807, 2.05) is 6.92 Å². The number of carbonyl (C=O) groups excluding carboxylic acids is 3. The minimum Gasteiger partial charge on any atom is -0.319 e. The third-order valence-corrected chi connectivity index (χ3v) is 4.46. The lowest BCUT2D eigenvalue weighted by Gasteiger charge is -2.44. The fourth-order valence-electron chi connectivity index (χ4n) is 3.12. The zero-order valence-electron chi connectivity index (χ0n) is 12.4. The Kier molecular flexibility index (Phi) is 3.86. The van der Waals surface area contributed by atoms with Gasteiger partial charge in [-0.15, -0.1) is 0 Å². The van der Waals surface area contributed by atoms with Gasteiger partial charge in [0.2, 0.25) is 11.8 Å². The van der Waals surface area contributed by atoms with Crippen molar-refractivity contribution in [2.75, 3.05) is 19.6 Å². The molecule has 0 bridgehead atoms. The van der Waals surface area contributed by atoms with Crippen LogP contribution >= 0.6 is 0 Å². The Bertz CT molecular complexity index is 439. The van der Waals surface area contributed by atoms with Gasteiger partial charge in [0.25, 0.3) is 5.91 Å². The summed E-state index contributed by atoms with van der Waals surface area (Å²) in [5.41, 5.74) is -1.45. The molecule has 0 aromatic rings. The first-order valence-corrected chi connectivity index (χ1v) is 7.20. The molecule has 0 spiro atoms. The number of amides is 3. The number of imide groups is 1. The third-order valence-electron chi connectivity index (χ3n) is 4.46. The summed E-state index contributed by atoms with van der Waals surface area (Å²) in [6.07, 6.45) is 2.45. The number of piperazine rings is 1. The van der Waals surface area contributed by atoms with Crippen LogP contribution in [0.4, 0.5) is 0 Å². The summed E-state index contributed by atoms with van der Waals surface area (Å²) < 4.78 is 0. The molecule has 2 heterocycles. The van der Waals surface area contributed by atoms with E-state index in [9.17, 15) is 14.4 Å². The molecule has 2 saturated heterocycles. The predicted octanol–water partition coefficient (Wildman–Crippen LogP) is 0.0298. The van der Waals surface area contributed by atoms with Gasteiger partial charge in [0.05, 0.1) is 5.41 Å². The summed E-state index contributed by atoms with van der Waals surface area (Å²) in [5.74, 6) is -0.877. The molecule has 2 aliphatic heterocycles. The lowest BCUT2D eigenvalue weighted by Crippen LogP contribution is -2.67. The molecule has 0 saturated carbocycles. The van der Waals surface area contributed by atoms with E-state index in [1.165, 1.54) is 4.90 Å². The third kappa shape index (κ3) is 2.32. The summed E-state index contributed by atoms with van der Waals surface area (Å²) in [6.45, 7) is 6.82. The molecule has 3 amide bonds. The Balaban J connectivity index is 2.30. The maximum absolute atomic E-state index is 13.0. The van der Waals surface area contributed by atoms with Crippen molar-refractivity contribution >= 4 is 17.7 Å². The van der Waals surface area contributed by atoms with Crippen LogP contribution in [0.1, 0.15) is 40.0 Å². The molecule has 112 valence electrons. The molecule has 2 N–H and O–H groups in total. The van der Waals surface area contributed by atoms with Crippen LogP contribution in [0.5, 0.6) is 0 Å². The largest absolute Gasteiger partial charge is 0.319 e. The maximum atomic E-state index is 13.0. The van der Waals surface area contributed by atoms with Crippen molar-refractivity contribution in [1.29, 1.82) is 0 Å². The fraction of sp³-hybridized carbons (Fsp3) is 0.786. The molecule has 20 heavy (non-hydrogen) atoms. The summed E-state index contributed by atoms with van der Waals surface area (Å²) in [4.78, 5) is 38.0. The van der Waals surface area contributed by atoms with E-state index in [0.717, 1.165) is 25.8 Å². The first kappa shape index (κ1) is 15.0. The molecule has 2 fully saturated rings. The van der Waals surface area contributed by atoms with E-state index in [1.54, 1.807) is 13.8 Å². The molecule has 0 aromatic carbocycles. The summed E-state index contributed by atoms with van der Waals surface area (Å²) in [7, 11) is 0. The molecule has 6 heteroatoms. The van der Waals surface area contributed by atoms with Gasteiger partial charge >= 0.3 is 0 Å². The number of rotatable bonds is 3. The average molecular weight is 281 g/mol. The van der Waals surface area contributed by atoms with Gasteiger partial charge in [-0.1, -0.05) is 13.3 Å². The molecule has 1 atom stereocenters. The first-order chi connectivity index (χ1) is 9.33. The van der Waals surface area contributed by atoms with Crippen LogP contribution in [0.15, 0.2) is 0 Å². The van der Waals surface area contributed by atoms with Crippen LogP contribution in [0.3, 0.4) is 0 Å². The van der Waals surface area contributed by atoms with E-state index in [2.05, 4.69) is 10.6 Å². The van der Waals surface area contributed by atoms with Gasteiger partial charge in [-0.3, -0.25) is 19.7 Å². The van der Waals surface area contributed by atoms with Gasteiger partial charge in [0.1, 0.15) is 12.1 Å². The molecule has 0 aliphatic carbocycles. The lowest BCUT2D eigenvalue weighted by molar-refractivity contribution is -0.161. The van der Waals surface area contributed by atoms with Gasteiger partial charge in [0, 0.05) is 6.54 Å². The van der Waals surface area contributed by atoms with Crippen LogP contribution in [-0.2, 0) is 14.4 Å². The van der Waals surface area contributed by atoms with E-state index in [0.29, 0.717) is 6.54 Å². The Morgan fingerprint density at radius 3 is 2.60 bits per heavy atom. The highest BCUT2D eigenvalue weighted by Gasteiger charge is 2.50. The zero-order chi connectivity index (χ0) is 15.0. The van der Waals surface area contributed by atoms with Crippen LogP contribution in [0.2, 0.25) is 0 Å². The highest BCUT2D eigenvalue weighted by atomic mass is 16.2. The van der Waals surface area contributed by atoms with Gasteiger partial charge in [-0.05, 0) is 33.2 Å². The monoisotopic (exact) mass is 281 g/mol. The van der Waals surface area contributed by atoms with E-state index >= 15 is 0 Å². The van der Waals surface area contributed by atoms with Crippen molar-refractivity contribution in [2.45, 2.75) is 45.6 Å². The number of hydrogen-bond donors (Lipinski definition) is 2. The normalized spacial score (nSPS) is 29.4. The molecule has 1 unspecified atom stereocenters. The second-order valence-electron chi connectivity index (χ2n) is 6.28. The van der Waals surface area contributed by atoms with Gasteiger partial charge in [0.15, 0.2) is 0 Å². The highest BCUT2D eigenvalue weighted by Crippen LogP contribution is 2.36. The summed E-state index contributed by atoms with van der Waals surface area (Å²) in [6, 6.07) is 0. The Labute approximate surface area is 119 Å². The number of hydrogen-bond acceptors (Lipinski definition) is 4. The number of nitrogens with one attached hydrogen (secondary N) is 2. The number of nitrogens with zero attached hydrogens (tertiary/aromatic N) is 1. The minimum atomic E-state index is -0.978. The van der Waals surface area contributed by atoms with Crippen molar-refractivity contribution in [3.05, 3.63) is 0 Å². The topological polar surface area (TPSA) is 78.5 Å². The van der Waals surface area contributed by atoms with E-state index in [4.69, 9.17) is 0 Å². The van der Waals surface area contributed by atoms with Crippen LogP contribution in [-0.4, -0.2) is 47.8 Å². The smallest absolute Gasteiger partial charge is 0.252 e. The first-order valence-electron chi connectivity index (χ1n) is 7.20. The second-order valence-corrected chi connectivity index (χ2v) is 6.28. The summed E-state index contributed by atoms with van der Waals surface area (Å²) in [5, 5.41) is 5.54. The van der Waals surface area contributed by atoms with Crippen molar-refractivity contribution in [3.63, 3.8) is 0 Å². The van der Waals surface area contributed by atoms with Gasteiger partial charge < -0.3 is 10.2 Å². The second kappa shape index (κ2) is 5.16. The van der Waals surface area contributed by atoms with E-state index < -0.39 is 22.8 Å². The van der Waals surface area contributed by atoms with Crippen molar-refractivity contribution in [1.82, 2.24) is 15.5 Å². The molecule has 2 rings (SSSR count). The maximum Gasteiger partial charge on any atom is 0.252 e. The van der Waals surface area contributed by atoms with Crippen molar-refractivity contribution in [3.8, 4) is 0 Å². The standard InChI is InChI=1S/C14H23N3O3/c1-4-5-14(6-7-15-9-14)12(20)17-8-10(18)16-11(19)13(17,2)3/h15H,4-9H2,1-3H3,(H,16,18,19). The Morgan fingerprint density at radius 1 is 1.35 bits per heavy atom. The SMILES string of the molecule is CCCC1(C(=O)N2CC(=O)NC(=O)C2(C)C)CCNC1. The molecule has 6 nitrogen and oxygen atoms in total. The zero-order valence-corrected chi connectivity index (χ0v) is 12.4. The van der Waals surface area contributed by atoms with Crippen molar-refractivity contribution in [2.24, 2.45) is 5.41 Å². The Hall–Kier alpha value is -1.43. The molecular weight excluding hydrogens is 258 g/mol. The molecule has 2 aliphatic rings. The van der Waals surface area contributed by atoms with Gasteiger partial charge in [-0.25, -0.2) is 0 Å². The number of carbonyl (C=O) groups is 3. The van der Waals surface area contributed by atoms with Crippen LogP contribution in [0.25, 0.3) is 0 Å². The van der Waals surface area contributed by atoms with Crippen LogP contribution in [0, 0.1) is 5.41 Å². The molecular formula is C14H23N3O3. The highest BCUT2D eigenvalue weighted by molar-refractivity contribution is 6.06. The summed E-state index contributed by atoms with van der Waals surface area (Å²) >= 11 is 0. The van der Waals surface area contributed by atoms with E-state index in [-0.39, 0.29) is 12.5 Å². The van der Waals surface area contributed by atoms with Crippen molar-refractivity contribution < 1.29 is 14.4 Å². The molecule has 0 radical (unpaired) electrons. The predicted molar refractivity (Wildman–Crippen MR) is 73.8 cm³/mol. The minimum absolute atomic E-state index is 0.0387. The fourth-order valence-corrected chi connectivity index (χ4v) is 3.12. The molecule has 0 aromatic heterocycles. The quantitative estimate of drug-likeness (QED) is 0.715. The lowest BCUT2D eigenvalue weighted by atomic mass is 9.79. The Morgan fingerprint density at radius 2 is 2.05 bits per heavy atom.